The Morgan fingerprint density at radius 1 is 1.20 bits per heavy atom. The molecule has 0 radical (unpaired) electrons. The van der Waals surface area contributed by atoms with Crippen LogP contribution in [0.3, 0.4) is 0 Å². The fraction of sp³-hybridized carbons (Fsp3) is 0.733. The lowest BCUT2D eigenvalue weighted by Crippen LogP contribution is -3.00. The first-order valence-electron chi connectivity index (χ1n) is 7.41. The smallest absolute Gasteiger partial charge is 0.306 e. The summed E-state index contributed by atoms with van der Waals surface area (Å²) in [7, 11) is 1.93. The second-order valence-electron chi connectivity index (χ2n) is 5.05. The van der Waals surface area contributed by atoms with Crippen molar-refractivity contribution in [3.05, 3.63) is 18.2 Å². The van der Waals surface area contributed by atoms with Gasteiger partial charge in [0.15, 0.2) is 6.61 Å². The third kappa shape index (κ3) is 8.20. The summed E-state index contributed by atoms with van der Waals surface area (Å²) in [6.45, 7) is 2.55. The van der Waals surface area contributed by atoms with Crippen LogP contribution in [0, 0.1) is 0 Å². The molecule has 5 heteroatoms. The summed E-state index contributed by atoms with van der Waals surface area (Å²) in [5.74, 6) is 0.816. The van der Waals surface area contributed by atoms with Crippen molar-refractivity contribution in [3.63, 3.8) is 0 Å². The van der Waals surface area contributed by atoms with Crippen LogP contribution in [0.4, 0.5) is 0 Å². The molecule has 0 bridgehead atoms. The third-order valence-electron chi connectivity index (χ3n) is 3.33. The molecule has 20 heavy (non-hydrogen) atoms. The number of halogens is 1. The second kappa shape index (κ2) is 11.8. The van der Waals surface area contributed by atoms with Crippen LogP contribution >= 0.6 is 0 Å². The molecule has 1 aromatic heterocycles. The monoisotopic (exact) mass is 302 g/mol. The van der Waals surface area contributed by atoms with Gasteiger partial charge in [-0.3, -0.25) is 4.79 Å². The highest BCUT2D eigenvalue weighted by atomic mass is 35.5. The summed E-state index contributed by atoms with van der Waals surface area (Å²) in [4.78, 5) is 14.6. The van der Waals surface area contributed by atoms with Crippen molar-refractivity contribution in [1.82, 2.24) is 4.98 Å². The zero-order chi connectivity index (χ0) is 13.9. The molecule has 1 rings (SSSR count). The highest BCUT2D eigenvalue weighted by Crippen LogP contribution is 2.09. The molecule has 0 aromatic carbocycles. The molecule has 1 heterocycles. The van der Waals surface area contributed by atoms with Gasteiger partial charge < -0.3 is 17.1 Å². The van der Waals surface area contributed by atoms with E-state index in [1.807, 2.05) is 24.0 Å². The van der Waals surface area contributed by atoms with Gasteiger partial charge in [0.1, 0.15) is 12.4 Å². The Bertz CT molecular complexity index is 367. The summed E-state index contributed by atoms with van der Waals surface area (Å²) in [6.07, 6.45) is 12.8. The van der Waals surface area contributed by atoms with Crippen LogP contribution in [0.25, 0.3) is 0 Å². The fourth-order valence-electron chi connectivity index (χ4n) is 2.03. The van der Waals surface area contributed by atoms with Crippen LogP contribution in [0.1, 0.15) is 64.1 Å². The predicted octanol–water partition coefficient (Wildman–Crippen LogP) is 0.0271. The molecule has 0 fully saturated rings. The number of hydrogen-bond donors (Lipinski definition) is 1. The van der Waals surface area contributed by atoms with Gasteiger partial charge in [-0.25, -0.2) is 9.55 Å². The van der Waals surface area contributed by atoms with Crippen LogP contribution in [-0.2, 0) is 23.2 Å². The van der Waals surface area contributed by atoms with E-state index in [9.17, 15) is 4.79 Å². The number of rotatable bonds is 10. The molecule has 0 amide bonds. The Morgan fingerprint density at radius 2 is 1.85 bits per heavy atom. The van der Waals surface area contributed by atoms with Gasteiger partial charge in [0.25, 0.3) is 5.82 Å². The normalized spacial score (nSPS) is 10.1. The fourth-order valence-corrected chi connectivity index (χ4v) is 2.03. The highest BCUT2D eigenvalue weighted by Gasteiger charge is 2.10. The highest BCUT2D eigenvalue weighted by molar-refractivity contribution is 5.69. The Morgan fingerprint density at radius 3 is 2.45 bits per heavy atom. The molecule has 0 aliphatic rings. The van der Waals surface area contributed by atoms with Gasteiger partial charge in [-0.2, -0.15) is 0 Å². The molecule has 0 aliphatic carbocycles. The van der Waals surface area contributed by atoms with E-state index in [1.54, 1.807) is 0 Å². The number of H-pyrrole nitrogens is 1. The summed E-state index contributed by atoms with van der Waals surface area (Å²) < 4.78 is 7.14. The Balaban J connectivity index is 0.00000361. The predicted molar refractivity (Wildman–Crippen MR) is 74.4 cm³/mol. The maximum Gasteiger partial charge on any atom is 0.306 e. The Kier molecular flexibility index (Phi) is 11.2. The lowest BCUT2D eigenvalue weighted by atomic mass is 10.1. The standard InChI is InChI=1S/C15H26N2O2.ClH/c1-3-4-5-6-7-8-9-10-15(18)19-13-14-16-11-12-17(14)2;/h11-12H,3-10,13H2,1-2H3;1H. The summed E-state index contributed by atoms with van der Waals surface area (Å²) in [5, 5.41) is 0. The SMILES string of the molecule is CCCCCCCCCC(=O)OCc1[nH]cc[n+]1C.[Cl-]. The molecule has 0 atom stereocenters. The number of carbonyl (C=O) groups excluding carboxylic acids is 1. The average molecular weight is 303 g/mol. The van der Waals surface area contributed by atoms with Crippen LogP contribution < -0.4 is 17.0 Å². The number of aromatic nitrogens is 2. The molecule has 4 nitrogen and oxygen atoms in total. The van der Waals surface area contributed by atoms with E-state index in [4.69, 9.17) is 4.74 Å². The molecule has 116 valence electrons. The van der Waals surface area contributed by atoms with E-state index in [-0.39, 0.29) is 18.4 Å². The largest absolute Gasteiger partial charge is 1.00 e. The van der Waals surface area contributed by atoms with Crippen LogP contribution in [-0.4, -0.2) is 11.0 Å². The number of hydrogen-bond acceptors (Lipinski definition) is 2. The van der Waals surface area contributed by atoms with Gasteiger partial charge in [-0.05, 0) is 6.42 Å². The molecular weight excluding hydrogens is 276 g/mol. The first kappa shape index (κ1) is 19.0. The van der Waals surface area contributed by atoms with Crippen molar-refractivity contribution in [1.29, 1.82) is 0 Å². The maximum absolute atomic E-state index is 11.5. The maximum atomic E-state index is 11.5. The first-order chi connectivity index (χ1) is 9.24. The molecule has 0 saturated carbocycles. The number of ether oxygens (including phenoxy) is 1. The topological polar surface area (TPSA) is 46.0 Å². The minimum absolute atomic E-state index is 0. The molecule has 0 unspecified atom stereocenters. The molecule has 1 aromatic rings. The minimum Gasteiger partial charge on any atom is -1.00 e. The van der Waals surface area contributed by atoms with Gasteiger partial charge in [0.2, 0.25) is 0 Å². The van der Waals surface area contributed by atoms with E-state index in [0.717, 1.165) is 18.7 Å². The molecule has 0 spiro atoms. The number of carbonyl (C=O) groups is 1. The third-order valence-corrected chi connectivity index (χ3v) is 3.33. The summed E-state index contributed by atoms with van der Waals surface area (Å²) >= 11 is 0. The average Bonchev–Trinajstić information content (AvgIpc) is 2.81. The van der Waals surface area contributed by atoms with Gasteiger partial charge >= 0.3 is 5.97 Å². The number of nitrogens with zero attached hydrogens (tertiary/aromatic N) is 1. The zero-order valence-electron chi connectivity index (χ0n) is 12.7. The van der Waals surface area contributed by atoms with Crippen LogP contribution in [0.15, 0.2) is 12.4 Å². The number of nitrogens with one attached hydrogen (secondary N) is 1. The van der Waals surface area contributed by atoms with Crippen molar-refractivity contribution >= 4 is 5.97 Å². The van der Waals surface area contributed by atoms with Crippen molar-refractivity contribution in [2.45, 2.75) is 64.9 Å². The number of esters is 1. The van der Waals surface area contributed by atoms with E-state index in [2.05, 4.69) is 11.9 Å². The second-order valence-corrected chi connectivity index (χ2v) is 5.05. The van der Waals surface area contributed by atoms with E-state index >= 15 is 0 Å². The lowest BCUT2D eigenvalue weighted by molar-refractivity contribution is -0.679. The molecular formula is C15H27ClN2O2. The number of imidazole rings is 1. The Hall–Kier alpha value is -1.03. The zero-order valence-corrected chi connectivity index (χ0v) is 13.4. The summed E-state index contributed by atoms with van der Waals surface area (Å²) in [6, 6.07) is 0. The summed E-state index contributed by atoms with van der Waals surface area (Å²) in [5.41, 5.74) is 0. The van der Waals surface area contributed by atoms with Crippen molar-refractivity contribution in [2.75, 3.05) is 0 Å². The quantitative estimate of drug-likeness (QED) is 0.376. The van der Waals surface area contributed by atoms with Gasteiger partial charge in [0, 0.05) is 6.42 Å². The number of aromatic amines is 1. The Labute approximate surface area is 128 Å². The van der Waals surface area contributed by atoms with Crippen molar-refractivity contribution in [3.8, 4) is 0 Å². The van der Waals surface area contributed by atoms with Crippen molar-refractivity contribution < 1.29 is 26.5 Å². The van der Waals surface area contributed by atoms with E-state index in [1.165, 1.54) is 32.1 Å². The first-order valence-corrected chi connectivity index (χ1v) is 7.41. The van der Waals surface area contributed by atoms with Gasteiger partial charge in [-0.15, -0.1) is 0 Å². The lowest BCUT2D eigenvalue weighted by Gasteiger charge is -2.02. The molecule has 1 N–H and O–H groups in total. The van der Waals surface area contributed by atoms with E-state index in [0.29, 0.717) is 13.0 Å². The van der Waals surface area contributed by atoms with Crippen LogP contribution in [0.2, 0.25) is 0 Å². The van der Waals surface area contributed by atoms with Gasteiger partial charge in [-0.1, -0.05) is 45.4 Å². The van der Waals surface area contributed by atoms with Crippen molar-refractivity contribution in [2.24, 2.45) is 7.05 Å². The van der Waals surface area contributed by atoms with Gasteiger partial charge in [0.05, 0.1) is 7.05 Å². The number of aryl methyl sites for hydroxylation is 1. The number of unbranched alkanes of at least 4 members (excludes halogenated alkanes) is 6. The molecule has 0 aliphatic heterocycles. The minimum atomic E-state index is -0.0943. The van der Waals surface area contributed by atoms with E-state index < -0.39 is 0 Å². The molecule has 0 saturated heterocycles. The van der Waals surface area contributed by atoms with Crippen LogP contribution in [0.5, 0.6) is 0 Å².